The molecule has 0 saturated carbocycles. The molecule has 23 heavy (non-hydrogen) atoms. The standard InChI is InChI=1S/C16H14BrN3O3/c1-8-13(15(22)10-4-3-5-11(17)6-10)9(2)18-14(8)16-20-19-12(7-21)23-16/h3-6,18,21H,7H2,1-2H3. The zero-order valence-corrected chi connectivity index (χ0v) is 14.1. The molecule has 3 aromatic rings. The number of carbonyl (C=O) groups excluding carboxylic acids is 1. The largest absolute Gasteiger partial charge is 0.417 e. The number of aryl methyl sites for hydroxylation is 1. The highest BCUT2D eigenvalue weighted by molar-refractivity contribution is 9.10. The lowest BCUT2D eigenvalue weighted by molar-refractivity contribution is 0.103. The van der Waals surface area contributed by atoms with Crippen molar-refractivity contribution in [2.45, 2.75) is 20.5 Å². The number of nitrogens with zero attached hydrogens (tertiary/aromatic N) is 2. The molecule has 0 fully saturated rings. The fraction of sp³-hybridized carbons (Fsp3) is 0.188. The van der Waals surface area contributed by atoms with Crippen LogP contribution in [0.3, 0.4) is 0 Å². The van der Waals surface area contributed by atoms with Crippen molar-refractivity contribution in [1.29, 1.82) is 0 Å². The van der Waals surface area contributed by atoms with Crippen molar-refractivity contribution in [3.63, 3.8) is 0 Å². The molecule has 2 N–H and O–H groups in total. The summed E-state index contributed by atoms with van der Waals surface area (Å²) >= 11 is 3.38. The van der Waals surface area contributed by atoms with Gasteiger partial charge in [-0.15, -0.1) is 10.2 Å². The summed E-state index contributed by atoms with van der Waals surface area (Å²) in [4.78, 5) is 15.9. The summed E-state index contributed by atoms with van der Waals surface area (Å²) in [5.41, 5.74) is 3.24. The van der Waals surface area contributed by atoms with Crippen LogP contribution in [0.15, 0.2) is 33.2 Å². The van der Waals surface area contributed by atoms with Gasteiger partial charge >= 0.3 is 0 Å². The van der Waals surface area contributed by atoms with Crippen molar-refractivity contribution in [2.75, 3.05) is 0 Å². The molecule has 118 valence electrons. The smallest absolute Gasteiger partial charge is 0.264 e. The maximum absolute atomic E-state index is 12.8. The Balaban J connectivity index is 2.05. The molecule has 0 bridgehead atoms. The second-order valence-electron chi connectivity index (χ2n) is 5.12. The van der Waals surface area contributed by atoms with E-state index >= 15 is 0 Å². The molecule has 1 aromatic carbocycles. The monoisotopic (exact) mass is 375 g/mol. The van der Waals surface area contributed by atoms with Crippen LogP contribution in [0.4, 0.5) is 0 Å². The molecular weight excluding hydrogens is 362 g/mol. The van der Waals surface area contributed by atoms with Gasteiger partial charge in [0.25, 0.3) is 5.89 Å². The molecular formula is C16H14BrN3O3. The molecule has 2 aromatic heterocycles. The van der Waals surface area contributed by atoms with Crippen molar-refractivity contribution in [3.05, 3.63) is 57.0 Å². The molecule has 0 unspecified atom stereocenters. The maximum atomic E-state index is 12.8. The van der Waals surface area contributed by atoms with E-state index < -0.39 is 0 Å². The number of hydrogen-bond acceptors (Lipinski definition) is 5. The molecule has 0 aliphatic rings. The quantitative estimate of drug-likeness (QED) is 0.683. The van der Waals surface area contributed by atoms with Gasteiger partial charge in [0, 0.05) is 21.3 Å². The van der Waals surface area contributed by atoms with Crippen LogP contribution in [-0.2, 0) is 6.61 Å². The van der Waals surface area contributed by atoms with Crippen molar-refractivity contribution >= 4 is 21.7 Å². The Morgan fingerprint density at radius 2 is 2.13 bits per heavy atom. The molecule has 0 saturated heterocycles. The number of hydrogen-bond donors (Lipinski definition) is 2. The Bertz CT molecular complexity index is 883. The van der Waals surface area contributed by atoms with Gasteiger partial charge in [0.15, 0.2) is 5.78 Å². The average molecular weight is 376 g/mol. The molecule has 7 heteroatoms. The predicted molar refractivity (Wildman–Crippen MR) is 87.1 cm³/mol. The number of nitrogens with one attached hydrogen (secondary N) is 1. The zero-order valence-electron chi connectivity index (χ0n) is 12.6. The summed E-state index contributed by atoms with van der Waals surface area (Å²) in [6.45, 7) is 3.33. The molecule has 0 amide bonds. The number of aliphatic hydroxyl groups is 1. The van der Waals surface area contributed by atoms with Crippen LogP contribution < -0.4 is 0 Å². The number of ketones is 1. The summed E-state index contributed by atoms with van der Waals surface area (Å²) in [5.74, 6) is 0.306. The SMILES string of the molecule is Cc1[nH]c(-c2nnc(CO)o2)c(C)c1C(=O)c1cccc(Br)c1. The van der Waals surface area contributed by atoms with E-state index in [1.807, 2.05) is 26.0 Å². The summed E-state index contributed by atoms with van der Waals surface area (Å²) in [5, 5.41) is 16.6. The first kappa shape index (κ1) is 15.6. The minimum atomic E-state index is -0.324. The van der Waals surface area contributed by atoms with Crippen molar-refractivity contribution in [3.8, 4) is 11.6 Å². The third kappa shape index (κ3) is 2.85. The average Bonchev–Trinajstić information content (AvgIpc) is 3.11. The van der Waals surface area contributed by atoms with Crippen molar-refractivity contribution < 1.29 is 14.3 Å². The molecule has 3 rings (SSSR count). The predicted octanol–water partition coefficient (Wildman–Crippen LogP) is 3.17. The van der Waals surface area contributed by atoms with Gasteiger partial charge in [0.1, 0.15) is 12.3 Å². The maximum Gasteiger partial charge on any atom is 0.264 e. The Kier molecular flexibility index (Phi) is 4.14. The van der Waals surface area contributed by atoms with E-state index in [0.717, 1.165) is 15.7 Å². The number of benzene rings is 1. The summed E-state index contributed by atoms with van der Waals surface area (Å²) in [6.07, 6.45) is 0. The van der Waals surface area contributed by atoms with Crippen LogP contribution in [0.5, 0.6) is 0 Å². The van der Waals surface area contributed by atoms with Crippen LogP contribution in [-0.4, -0.2) is 26.1 Å². The van der Waals surface area contributed by atoms with E-state index in [1.165, 1.54) is 0 Å². The van der Waals surface area contributed by atoms with E-state index in [2.05, 4.69) is 31.1 Å². The number of rotatable bonds is 4. The Morgan fingerprint density at radius 1 is 1.35 bits per heavy atom. The van der Waals surface area contributed by atoms with Crippen LogP contribution >= 0.6 is 15.9 Å². The van der Waals surface area contributed by atoms with E-state index in [0.29, 0.717) is 16.8 Å². The van der Waals surface area contributed by atoms with Crippen LogP contribution in [0.25, 0.3) is 11.6 Å². The molecule has 0 aliphatic heterocycles. The van der Waals surface area contributed by atoms with E-state index in [-0.39, 0.29) is 24.2 Å². The number of H-pyrrole nitrogens is 1. The van der Waals surface area contributed by atoms with Gasteiger partial charge in [0.05, 0.1) is 0 Å². The number of aromatic nitrogens is 3. The lowest BCUT2D eigenvalue weighted by atomic mass is 10.00. The van der Waals surface area contributed by atoms with Crippen molar-refractivity contribution in [2.24, 2.45) is 0 Å². The highest BCUT2D eigenvalue weighted by Crippen LogP contribution is 2.28. The lowest BCUT2D eigenvalue weighted by Gasteiger charge is -2.03. The fourth-order valence-electron chi connectivity index (χ4n) is 2.50. The first-order valence-electron chi connectivity index (χ1n) is 6.94. The number of halogens is 1. The van der Waals surface area contributed by atoms with Gasteiger partial charge in [-0.2, -0.15) is 0 Å². The number of aliphatic hydroxyl groups excluding tert-OH is 1. The number of aromatic amines is 1. The summed E-state index contributed by atoms with van der Waals surface area (Å²) < 4.78 is 6.20. The summed E-state index contributed by atoms with van der Waals surface area (Å²) in [7, 11) is 0. The van der Waals surface area contributed by atoms with Gasteiger partial charge in [-0.3, -0.25) is 4.79 Å². The van der Waals surface area contributed by atoms with Gasteiger partial charge < -0.3 is 14.5 Å². The highest BCUT2D eigenvalue weighted by atomic mass is 79.9. The molecule has 0 radical (unpaired) electrons. The fourth-order valence-corrected chi connectivity index (χ4v) is 2.90. The lowest BCUT2D eigenvalue weighted by Crippen LogP contribution is -2.03. The Labute approximate surface area is 140 Å². The van der Waals surface area contributed by atoms with Gasteiger partial charge in [-0.25, -0.2) is 0 Å². The molecule has 0 atom stereocenters. The zero-order chi connectivity index (χ0) is 16.6. The third-order valence-corrected chi connectivity index (χ3v) is 4.06. The normalized spacial score (nSPS) is 11.0. The van der Waals surface area contributed by atoms with Crippen molar-refractivity contribution in [1.82, 2.24) is 15.2 Å². The highest BCUT2D eigenvalue weighted by Gasteiger charge is 2.23. The van der Waals surface area contributed by atoms with E-state index in [9.17, 15) is 4.79 Å². The summed E-state index contributed by atoms with van der Waals surface area (Å²) in [6, 6.07) is 7.24. The van der Waals surface area contributed by atoms with E-state index in [4.69, 9.17) is 9.52 Å². The van der Waals surface area contributed by atoms with Crippen LogP contribution in [0.1, 0.15) is 33.1 Å². The third-order valence-electron chi connectivity index (χ3n) is 3.57. The second kappa shape index (κ2) is 6.10. The Hall–Kier alpha value is -2.25. The van der Waals surface area contributed by atoms with Crippen LogP contribution in [0, 0.1) is 13.8 Å². The van der Waals surface area contributed by atoms with Crippen LogP contribution in [0.2, 0.25) is 0 Å². The van der Waals surface area contributed by atoms with Gasteiger partial charge in [-0.1, -0.05) is 28.1 Å². The number of carbonyl (C=O) groups is 1. The minimum absolute atomic E-state index is 0.0781. The second-order valence-corrected chi connectivity index (χ2v) is 6.04. The van der Waals surface area contributed by atoms with Gasteiger partial charge in [-0.05, 0) is 31.5 Å². The minimum Gasteiger partial charge on any atom is -0.417 e. The molecule has 2 heterocycles. The van der Waals surface area contributed by atoms with Gasteiger partial charge in [0.2, 0.25) is 5.89 Å². The molecule has 6 nitrogen and oxygen atoms in total. The first-order valence-corrected chi connectivity index (χ1v) is 7.73. The molecule has 0 spiro atoms. The van der Waals surface area contributed by atoms with E-state index in [1.54, 1.807) is 12.1 Å². The Morgan fingerprint density at radius 3 is 2.78 bits per heavy atom. The first-order chi connectivity index (χ1) is 11.0. The topological polar surface area (TPSA) is 92.0 Å². The molecule has 0 aliphatic carbocycles.